The Morgan fingerprint density at radius 2 is 0.761 bits per heavy atom. The van der Waals surface area contributed by atoms with Crippen LogP contribution in [0.4, 0.5) is 0 Å². The Morgan fingerprint density at radius 3 is 1.11 bits per heavy atom. The lowest BCUT2D eigenvalue weighted by Crippen LogP contribution is -2.50. The molecule has 0 aromatic carbocycles. The molecule has 0 atom stereocenters. The summed E-state index contributed by atoms with van der Waals surface area (Å²) in [6.45, 7) is 16.8. The van der Waals surface area contributed by atoms with Crippen molar-refractivity contribution in [1.29, 1.82) is 0 Å². The zero-order valence-electron chi connectivity index (χ0n) is 32.3. The molecule has 0 saturated heterocycles. The maximum Gasteiger partial charge on any atom is 0.102 e. The molecule has 0 fully saturated rings. The van der Waals surface area contributed by atoms with Gasteiger partial charge in [-0.1, -0.05) is 162 Å². The highest BCUT2D eigenvalue weighted by Crippen LogP contribution is 2.14. The van der Waals surface area contributed by atoms with Crippen LogP contribution in [0.15, 0.2) is 0 Å². The molecule has 0 heterocycles. The Kier molecular flexibility index (Phi) is 37.5. The van der Waals surface area contributed by atoms with Gasteiger partial charge in [0.2, 0.25) is 0 Å². The van der Waals surface area contributed by atoms with Gasteiger partial charge in [-0.2, -0.15) is 0 Å². The second kappa shape index (κ2) is 37.6. The fourth-order valence-corrected chi connectivity index (χ4v) is 6.67. The van der Waals surface area contributed by atoms with Crippen molar-refractivity contribution in [3.8, 4) is 0 Å². The van der Waals surface area contributed by atoms with E-state index in [0.29, 0.717) is 0 Å². The standard InChI is InChI=1S/C41H87N2O3/c1-5-8-10-12-14-16-18-20-22-24-26-28-38-45-40-35-43(4,34-30-32-42(31-7-3)33-37-44)36-41-46-39-29-27-25-23-21-19-17-15-13-11-9-6-2/h44H,5-41H2,1-4H3/q+1. The topological polar surface area (TPSA) is 41.9 Å². The lowest BCUT2D eigenvalue weighted by Gasteiger charge is -2.35. The number of unbranched alkanes of at least 4 members (excludes halogenated alkanes) is 22. The van der Waals surface area contributed by atoms with Gasteiger partial charge in [-0.25, -0.2) is 0 Å². The normalized spacial score (nSPS) is 12.1. The third-order valence-corrected chi connectivity index (χ3v) is 9.96. The molecule has 0 aliphatic rings. The van der Waals surface area contributed by atoms with Gasteiger partial charge in [-0.15, -0.1) is 0 Å². The molecule has 5 nitrogen and oxygen atoms in total. The Bertz CT molecular complexity index is 522. The third kappa shape index (κ3) is 33.7. The monoisotopic (exact) mass is 656 g/mol. The molecule has 0 bridgehead atoms. The van der Waals surface area contributed by atoms with Gasteiger partial charge in [-0.05, 0) is 25.8 Å². The number of ether oxygens (including phenoxy) is 2. The lowest BCUT2D eigenvalue weighted by atomic mass is 10.1. The Hall–Kier alpha value is -0.200. The molecular weight excluding hydrogens is 568 g/mol. The molecule has 0 aliphatic carbocycles. The van der Waals surface area contributed by atoms with Crippen LogP contribution in [0.2, 0.25) is 0 Å². The van der Waals surface area contributed by atoms with Crippen molar-refractivity contribution < 1.29 is 19.1 Å². The van der Waals surface area contributed by atoms with Crippen LogP contribution in [-0.4, -0.2) is 93.8 Å². The van der Waals surface area contributed by atoms with Crippen molar-refractivity contribution in [2.75, 3.05) is 79.4 Å². The number of aliphatic hydroxyl groups is 1. The highest BCUT2D eigenvalue weighted by molar-refractivity contribution is 4.57. The first-order chi connectivity index (χ1) is 22.6. The van der Waals surface area contributed by atoms with Gasteiger partial charge >= 0.3 is 0 Å². The van der Waals surface area contributed by atoms with E-state index >= 15 is 0 Å². The van der Waals surface area contributed by atoms with E-state index in [9.17, 15) is 5.11 Å². The van der Waals surface area contributed by atoms with Crippen molar-refractivity contribution in [3.63, 3.8) is 0 Å². The molecule has 1 N–H and O–H groups in total. The largest absolute Gasteiger partial charge is 0.395 e. The van der Waals surface area contributed by atoms with Crippen molar-refractivity contribution in [1.82, 2.24) is 4.90 Å². The summed E-state index contributed by atoms with van der Waals surface area (Å²) < 4.78 is 13.3. The summed E-state index contributed by atoms with van der Waals surface area (Å²) >= 11 is 0. The van der Waals surface area contributed by atoms with Gasteiger partial charge in [0, 0.05) is 32.7 Å². The van der Waals surface area contributed by atoms with E-state index in [2.05, 4.69) is 32.7 Å². The van der Waals surface area contributed by atoms with Crippen LogP contribution in [0.25, 0.3) is 0 Å². The van der Waals surface area contributed by atoms with E-state index in [1.165, 1.54) is 154 Å². The summed E-state index contributed by atoms with van der Waals surface area (Å²) in [5.41, 5.74) is 0. The van der Waals surface area contributed by atoms with Crippen molar-refractivity contribution in [3.05, 3.63) is 0 Å². The molecule has 0 amide bonds. The van der Waals surface area contributed by atoms with Gasteiger partial charge in [0.15, 0.2) is 0 Å². The maximum atomic E-state index is 9.45. The van der Waals surface area contributed by atoms with Crippen LogP contribution >= 0.6 is 0 Å². The minimum Gasteiger partial charge on any atom is -0.395 e. The molecule has 0 rings (SSSR count). The highest BCUT2D eigenvalue weighted by Gasteiger charge is 2.21. The summed E-state index contributed by atoms with van der Waals surface area (Å²) in [6, 6.07) is 0. The van der Waals surface area contributed by atoms with Crippen LogP contribution in [0, 0.1) is 0 Å². The number of rotatable bonds is 40. The lowest BCUT2D eigenvalue weighted by molar-refractivity contribution is -0.910. The average molecular weight is 656 g/mol. The summed E-state index contributed by atoms with van der Waals surface area (Å²) in [5, 5.41) is 9.45. The molecule has 0 saturated carbocycles. The Labute approximate surface area is 290 Å². The second-order valence-corrected chi connectivity index (χ2v) is 14.7. The average Bonchev–Trinajstić information content (AvgIpc) is 3.05. The summed E-state index contributed by atoms with van der Waals surface area (Å²) in [7, 11) is 2.40. The smallest absolute Gasteiger partial charge is 0.102 e. The fraction of sp³-hybridized carbons (Fsp3) is 1.00. The minimum atomic E-state index is 0.256. The first-order valence-electron chi connectivity index (χ1n) is 20.9. The zero-order chi connectivity index (χ0) is 33.7. The van der Waals surface area contributed by atoms with Gasteiger partial charge in [0.25, 0.3) is 0 Å². The molecule has 0 aromatic rings. The first-order valence-corrected chi connectivity index (χ1v) is 20.9. The number of hydrogen-bond donors (Lipinski definition) is 1. The van der Waals surface area contributed by atoms with Crippen LogP contribution in [0.5, 0.6) is 0 Å². The molecular formula is C41H87N2O3+. The number of nitrogens with zero attached hydrogens (tertiary/aromatic N) is 2. The maximum absolute atomic E-state index is 9.45. The van der Waals surface area contributed by atoms with Gasteiger partial charge in [0.05, 0.1) is 33.4 Å². The van der Waals surface area contributed by atoms with Crippen LogP contribution in [0.3, 0.4) is 0 Å². The zero-order valence-corrected chi connectivity index (χ0v) is 32.3. The molecule has 0 spiro atoms. The Balaban J connectivity index is 4.08. The van der Waals surface area contributed by atoms with E-state index in [-0.39, 0.29) is 6.61 Å². The molecule has 0 aromatic heterocycles. The minimum absolute atomic E-state index is 0.256. The predicted molar refractivity (Wildman–Crippen MR) is 203 cm³/mol. The van der Waals surface area contributed by atoms with Crippen molar-refractivity contribution >= 4 is 0 Å². The SMILES string of the molecule is CCCCCCCCCCCCCCOCC[N+](C)(CCCN(CCC)CCO)CCOCCCCCCCCCCCCCC. The molecule has 0 aliphatic heterocycles. The number of aliphatic hydroxyl groups excluding tert-OH is 1. The molecule has 278 valence electrons. The predicted octanol–water partition coefficient (Wildman–Crippen LogP) is 11.0. The van der Waals surface area contributed by atoms with Crippen LogP contribution in [0.1, 0.15) is 188 Å². The first kappa shape index (κ1) is 45.8. The number of likely N-dealkylation sites (N-methyl/N-ethyl adjacent to an activating group) is 1. The van der Waals surface area contributed by atoms with Crippen LogP contribution < -0.4 is 0 Å². The molecule has 0 radical (unpaired) electrons. The van der Waals surface area contributed by atoms with E-state index in [1.807, 2.05) is 0 Å². The highest BCUT2D eigenvalue weighted by atomic mass is 16.5. The van der Waals surface area contributed by atoms with E-state index in [4.69, 9.17) is 9.47 Å². The number of hydrogen-bond acceptors (Lipinski definition) is 4. The van der Waals surface area contributed by atoms with Crippen molar-refractivity contribution in [2.45, 2.75) is 188 Å². The van der Waals surface area contributed by atoms with E-state index in [1.54, 1.807) is 0 Å². The quantitative estimate of drug-likeness (QED) is 0.0527. The van der Waals surface area contributed by atoms with E-state index in [0.717, 1.165) is 83.0 Å². The van der Waals surface area contributed by atoms with Crippen LogP contribution in [-0.2, 0) is 9.47 Å². The third-order valence-electron chi connectivity index (χ3n) is 9.96. The Morgan fingerprint density at radius 1 is 0.391 bits per heavy atom. The number of quaternary nitrogens is 1. The second-order valence-electron chi connectivity index (χ2n) is 14.7. The van der Waals surface area contributed by atoms with Gasteiger partial charge in [-0.3, -0.25) is 0 Å². The van der Waals surface area contributed by atoms with Gasteiger partial charge in [0.1, 0.15) is 13.1 Å². The fourth-order valence-electron chi connectivity index (χ4n) is 6.67. The summed E-state index contributed by atoms with van der Waals surface area (Å²) in [4.78, 5) is 2.42. The molecule has 46 heavy (non-hydrogen) atoms. The molecule has 5 heteroatoms. The van der Waals surface area contributed by atoms with Crippen molar-refractivity contribution in [2.24, 2.45) is 0 Å². The van der Waals surface area contributed by atoms with Gasteiger partial charge < -0.3 is 24.0 Å². The van der Waals surface area contributed by atoms with E-state index < -0.39 is 0 Å². The summed E-state index contributed by atoms with van der Waals surface area (Å²) in [5.74, 6) is 0. The summed E-state index contributed by atoms with van der Waals surface area (Å²) in [6.07, 6.45) is 35.6. The molecule has 0 unspecified atom stereocenters.